The SMILES string of the molecule is O=C1CCC2C3CC(CC13)C2OC(=O)C(F)(F)S(=O)(=O)O. The molecule has 0 heterocycles. The number of hydrogen-bond acceptors (Lipinski definition) is 5. The van der Waals surface area contributed by atoms with E-state index >= 15 is 0 Å². The molecule has 2 bridgehead atoms. The van der Waals surface area contributed by atoms with Gasteiger partial charge in [0, 0.05) is 18.3 Å². The summed E-state index contributed by atoms with van der Waals surface area (Å²) in [6.07, 6.45) is 1.14. The van der Waals surface area contributed by atoms with Crippen LogP contribution < -0.4 is 0 Å². The standard InChI is InChI=1S/C12H14F2O6S/c13-12(14,21(17,18)19)11(16)20-10-5-3-7-6(10)1-2-9(15)8(7)4-5/h5-8,10H,1-4H2,(H,17,18,19). The smallest absolute Gasteiger partial charge is 0.456 e. The Kier molecular flexibility index (Phi) is 3.14. The van der Waals surface area contributed by atoms with Crippen molar-refractivity contribution in [3.05, 3.63) is 0 Å². The molecule has 0 radical (unpaired) electrons. The van der Waals surface area contributed by atoms with Gasteiger partial charge in [-0.25, -0.2) is 4.79 Å². The van der Waals surface area contributed by atoms with Crippen molar-refractivity contribution in [2.75, 3.05) is 0 Å². The maximum atomic E-state index is 13.2. The number of hydrogen-bond donors (Lipinski definition) is 1. The Morgan fingerprint density at radius 2 is 1.95 bits per heavy atom. The number of halogens is 2. The zero-order valence-corrected chi connectivity index (χ0v) is 11.7. The lowest BCUT2D eigenvalue weighted by Gasteiger charge is -2.38. The molecule has 6 nitrogen and oxygen atoms in total. The van der Waals surface area contributed by atoms with Gasteiger partial charge in [0.1, 0.15) is 11.9 Å². The van der Waals surface area contributed by atoms with Crippen molar-refractivity contribution in [1.82, 2.24) is 0 Å². The van der Waals surface area contributed by atoms with Gasteiger partial charge in [-0.15, -0.1) is 0 Å². The minimum absolute atomic E-state index is 0.0356. The molecule has 5 atom stereocenters. The number of carbonyl (C=O) groups excluding carboxylic acids is 2. The van der Waals surface area contributed by atoms with E-state index < -0.39 is 27.4 Å². The minimum atomic E-state index is -5.85. The molecule has 3 fully saturated rings. The van der Waals surface area contributed by atoms with Gasteiger partial charge in [-0.05, 0) is 31.1 Å². The second kappa shape index (κ2) is 4.45. The molecule has 21 heavy (non-hydrogen) atoms. The summed E-state index contributed by atoms with van der Waals surface area (Å²) in [5, 5.41) is -4.96. The van der Waals surface area contributed by atoms with Crippen molar-refractivity contribution in [3.8, 4) is 0 Å². The summed E-state index contributed by atoms with van der Waals surface area (Å²) in [7, 11) is -5.85. The highest BCUT2D eigenvalue weighted by atomic mass is 32.2. The lowest BCUT2D eigenvalue weighted by atomic mass is 9.69. The molecular weight excluding hydrogens is 310 g/mol. The van der Waals surface area contributed by atoms with Crippen LogP contribution in [0, 0.1) is 23.7 Å². The van der Waals surface area contributed by atoms with Crippen LogP contribution in [0.4, 0.5) is 8.78 Å². The zero-order valence-electron chi connectivity index (χ0n) is 10.9. The van der Waals surface area contributed by atoms with E-state index in [9.17, 15) is 26.8 Å². The molecule has 3 rings (SSSR count). The molecule has 0 aromatic heterocycles. The predicted molar refractivity (Wildman–Crippen MR) is 63.8 cm³/mol. The third-order valence-corrected chi connectivity index (χ3v) is 5.84. The number of alkyl halides is 2. The van der Waals surface area contributed by atoms with Crippen LogP contribution in [0.2, 0.25) is 0 Å². The summed E-state index contributed by atoms with van der Waals surface area (Å²) in [4.78, 5) is 23.1. The molecule has 0 aromatic carbocycles. The lowest BCUT2D eigenvalue weighted by Crippen LogP contribution is -2.46. The van der Waals surface area contributed by atoms with E-state index in [1.807, 2.05) is 0 Å². The monoisotopic (exact) mass is 324 g/mol. The molecule has 0 aliphatic heterocycles. The Hall–Kier alpha value is -1.09. The maximum Gasteiger partial charge on any atom is 0.465 e. The summed E-state index contributed by atoms with van der Waals surface area (Å²) in [6, 6.07) is 0. The van der Waals surface area contributed by atoms with Crippen LogP contribution in [-0.4, -0.2) is 36.1 Å². The van der Waals surface area contributed by atoms with Crippen LogP contribution in [0.5, 0.6) is 0 Å². The average molecular weight is 324 g/mol. The van der Waals surface area contributed by atoms with E-state index in [4.69, 9.17) is 9.29 Å². The summed E-state index contributed by atoms with van der Waals surface area (Å²) in [5.41, 5.74) is 0. The molecular formula is C12H14F2O6S. The van der Waals surface area contributed by atoms with Gasteiger partial charge in [-0.3, -0.25) is 9.35 Å². The Morgan fingerprint density at radius 1 is 1.29 bits per heavy atom. The quantitative estimate of drug-likeness (QED) is 0.615. The third kappa shape index (κ3) is 2.09. The molecule has 9 heteroatoms. The third-order valence-electron chi connectivity index (χ3n) is 5.03. The number of carbonyl (C=O) groups is 2. The minimum Gasteiger partial charge on any atom is -0.456 e. The molecule has 3 saturated carbocycles. The van der Waals surface area contributed by atoms with E-state index in [1.165, 1.54) is 0 Å². The number of Topliss-reactive ketones (excluding diaryl/α,β-unsaturated/α-hetero) is 1. The Bertz CT molecular complexity index is 601. The van der Waals surface area contributed by atoms with Gasteiger partial charge < -0.3 is 4.74 Å². The first-order valence-corrected chi connectivity index (χ1v) is 8.15. The van der Waals surface area contributed by atoms with Gasteiger partial charge in [0.05, 0.1) is 0 Å². The number of fused-ring (bicyclic) bond motifs is 1. The van der Waals surface area contributed by atoms with Crippen molar-refractivity contribution >= 4 is 21.9 Å². The van der Waals surface area contributed by atoms with Gasteiger partial charge in [0.25, 0.3) is 0 Å². The highest BCUT2D eigenvalue weighted by molar-refractivity contribution is 7.87. The fourth-order valence-electron chi connectivity index (χ4n) is 4.17. The second-order valence-corrected chi connectivity index (χ2v) is 7.50. The first kappa shape index (κ1) is 14.8. The van der Waals surface area contributed by atoms with Crippen molar-refractivity contribution in [2.45, 2.75) is 37.0 Å². The van der Waals surface area contributed by atoms with Crippen LogP contribution in [0.25, 0.3) is 0 Å². The Balaban J connectivity index is 1.76. The fourth-order valence-corrected chi connectivity index (χ4v) is 4.43. The van der Waals surface area contributed by atoms with Gasteiger partial charge >= 0.3 is 21.3 Å². The van der Waals surface area contributed by atoms with E-state index in [1.54, 1.807) is 0 Å². The summed E-state index contributed by atoms with van der Waals surface area (Å²) in [6.45, 7) is 0. The molecule has 1 N–H and O–H groups in total. The Morgan fingerprint density at radius 3 is 2.57 bits per heavy atom. The van der Waals surface area contributed by atoms with Gasteiger partial charge in [-0.1, -0.05) is 0 Å². The summed E-state index contributed by atoms with van der Waals surface area (Å²) < 4.78 is 60.7. The highest BCUT2D eigenvalue weighted by Crippen LogP contribution is 2.57. The van der Waals surface area contributed by atoms with Gasteiger partial charge in [0.15, 0.2) is 0 Å². The largest absolute Gasteiger partial charge is 0.465 e. The van der Waals surface area contributed by atoms with E-state index in [0.717, 1.165) is 0 Å². The lowest BCUT2D eigenvalue weighted by molar-refractivity contribution is -0.174. The van der Waals surface area contributed by atoms with Crippen LogP contribution in [-0.2, 0) is 24.4 Å². The van der Waals surface area contributed by atoms with Crippen molar-refractivity contribution < 1.29 is 36.1 Å². The number of ketones is 1. The van der Waals surface area contributed by atoms with E-state index in [-0.39, 0.29) is 29.5 Å². The summed E-state index contributed by atoms with van der Waals surface area (Å²) >= 11 is 0. The number of rotatable bonds is 3. The van der Waals surface area contributed by atoms with Crippen LogP contribution in [0.15, 0.2) is 0 Å². The predicted octanol–water partition coefficient (Wildman–Crippen LogP) is 1.01. The molecule has 0 saturated heterocycles. The van der Waals surface area contributed by atoms with Crippen LogP contribution in [0.3, 0.4) is 0 Å². The molecule has 0 spiro atoms. The van der Waals surface area contributed by atoms with E-state index in [0.29, 0.717) is 25.7 Å². The normalized spacial score (nSPS) is 38.6. The Labute approximate surface area is 119 Å². The maximum absolute atomic E-state index is 13.2. The molecule has 0 amide bonds. The van der Waals surface area contributed by atoms with Crippen molar-refractivity contribution in [2.24, 2.45) is 23.7 Å². The molecule has 5 unspecified atom stereocenters. The highest BCUT2D eigenvalue weighted by Gasteiger charge is 2.61. The van der Waals surface area contributed by atoms with Crippen molar-refractivity contribution in [1.29, 1.82) is 0 Å². The first-order valence-electron chi connectivity index (χ1n) is 6.71. The molecule has 3 aliphatic rings. The molecule has 118 valence electrons. The average Bonchev–Trinajstić information content (AvgIpc) is 2.93. The number of ether oxygens (including phenoxy) is 1. The van der Waals surface area contributed by atoms with Crippen molar-refractivity contribution in [3.63, 3.8) is 0 Å². The first-order chi connectivity index (χ1) is 9.63. The van der Waals surface area contributed by atoms with Crippen LogP contribution >= 0.6 is 0 Å². The molecule has 3 aliphatic carbocycles. The number of esters is 1. The zero-order chi connectivity index (χ0) is 15.6. The molecule has 0 aromatic rings. The fraction of sp³-hybridized carbons (Fsp3) is 0.833. The van der Waals surface area contributed by atoms with E-state index in [2.05, 4.69) is 0 Å². The second-order valence-electron chi connectivity index (χ2n) is 6.03. The topological polar surface area (TPSA) is 97.7 Å². The van der Waals surface area contributed by atoms with Gasteiger partial charge in [-0.2, -0.15) is 17.2 Å². The van der Waals surface area contributed by atoms with Gasteiger partial charge in [0.2, 0.25) is 0 Å². The van der Waals surface area contributed by atoms with Crippen LogP contribution in [0.1, 0.15) is 25.7 Å². The summed E-state index contributed by atoms with van der Waals surface area (Å²) in [5.74, 6) is -2.47.